The second kappa shape index (κ2) is 6.26. The van der Waals surface area contributed by atoms with Gasteiger partial charge in [0, 0.05) is 6.20 Å². The van der Waals surface area contributed by atoms with Gasteiger partial charge < -0.3 is 0 Å². The van der Waals surface area contributed by atoms with Gasteiger partial charge in [-0.05, 0) is 18.6 Å². The van der Waals surface area contributed by atoms with Crippen LogP contribution in [0.5, 0.6) is 0 Å². The maximum Gasteiger partial charge on any atom is 0.147 e. The number of pyridine rings is 1. The van der Waals surface area contributed by atoms with Crippen LogP contribution in [-0.4, -0.2) is 4.98 Å². The van der Waals surface area contributed by atoms with Gasteiger partial charge in [-0.2, -0.15) is 3.89 Å². The highest BCUT2D eigenvalue weighted by atomic mass is 35.5. The minimum absolute atomic E-state index is 0.0611. The predicted octanol–water partition coefficient (Wildman–Crippen LogP) is 4.05. The predicted molar refractivity (Wildman–Crippen MR) is 52.3 cm³/mol. The van der Waals surface area contributed by atoms with E-state index in [1.807, 2.05) is 20.8 Å². The molecule has 68 valence electrons. The molecule has 1 aromatic heterocycles. The molecule has 0 N–H and O–H groups in total. The molecule has 0 bridgehead atoms. The number of aryl methyl sites for hydroxylation is 1. The van der Waals surface area contributed by atoms with Gasteiger partial charge in [-0.1, -0.05) is 25.4 Å². The van der Waals surface area contributed by atoms with Crippen LogP contribution < -0.4 is 0 Å². The van der Waals surface area contributed by atoms with Crippen molar-refractivity contribution in [3.8, 4) is 0 Å². The summed E-state index contributed by atoms with van der Waals surface area (Å²) in [5.41, 5.74) is 0.933. The molecule has 1 nitrogen and oxygen atoms in total. The molecule has 4 heteroatoms. The Labute approximate surface area is 81.6 Å². The lowest BCUT2D eigenvalue weighted by molar-refractivity contribution is 0.918. The Morgan fingerprint density at radius 3 is 2.50 bits per heavy atom. The zero-order valence-electron chi connectivity index (χ0n) is 7.27. The zero-order valence-corrected chi connectivity index (χ0v) is 8.84. The van der Waals surface area contributed by atoms with E-state index in [2.05, 4.69) is 4.98 Å². The number of hydrogen-bond donors (Lipinski definition) is 0. The number of nitrogens with zero attached hydrogens (tertiary/aromatic N) is 1. The van der Waals surface area contributed by atoms with Gasteiger partial charge in [-0.25, -0.2) is 4.98 Å². The number of rotatable bonds is 1. The molecule has 12 heavy (non-hydrogen) atoms. The molecule has 0 radical (unpaired) electrons. The van der Waals surface area contributed by atoms with E-state index in [9.17, 15) is 3.89 Å². The van der Waals surface area contributed by atoms with Gasteiger partial charge in [-0.3, -0.25) is 0 Å². The van der Waals surface area contributed by atoms with Gasteiger partial charge in [0.25, 0.3) is 0 Å². The van der Waals surface area contributed by atoms with Gasteiger partial charge >= 0.3 is 0 Å². The standard InChI is InChI=1S/C6H5ClFNS.C2H6/c1-4-2-5(7)6(10-8)9-3-4;1-2/h2-3H,1H3;1-2H3. The second-order valence-corrected chi connectivity index (χ2v) is 2.82. The van der Waals surface area contributed by atoms with Crippen molar-refractivity contribution in [2.75, 3.05) is 0 Å². The van der Waals surface area contributed by atoms with Crippen LogP contribution >= 0.6 is 23.7 Å². The van der Waals surface area contributed by atoms with E-state index in [0.29, 0.717) is 5.02 Å². The molecule has 0 saturated carbocycles. The quantitative estimate of drug-likeness (QED) is 0.689. The molecular weight excluding hydrogens is 197 g/mol. The zero-order chi connectivity index (χ0) is 9.56. The SMILES string of the molecule is CC.Cc1cnc(SF)c(Cl)c1. The van der Waals surface area contributed by atoms with Crippen molar-refractivity contribution in [3.63, 3.8) is 0 Å². The smallest absolute Gasteiger partial charge is 0.147 e. The summed E-state index contributed by atoms with van der Waals surface area (Å²) in [5.74, 6) is 0. The summed E-state index contributed by atoms with van der Waals surface area (Å²) in [6.07, 6.45) is 1.58. The van der Waals surface area contributed by atoms with Crippen molar-refractivity contribution in [2.24, 2.45) is 0 Å². The highest BCUT2D eigenvalue weighted by molar-refractivity contribution is 7.94. The molecule has 0 unspecified atom stereocenters. The van der Waals surface area contributed by atoms with Crippen molar-refractivity contribution in [1.29, 1.82) is 0 Å². The number of aromatic nitrogens is 1. The van der Waals surface area contributed by atoms with E-state index in [4.69, 9.17) is 11.6 Å². The molecule has 0 saturated heterocycles. The van der Waals surface area contributed by atoms with E-state index < -0.39 is 0 Å². The van der Waals surface area contributed by atoms with E-state index in [0.717, 1.165) is 5.56 Å². The van der Waals surface area contributed by atoms with Gasteiger partial charge in [0.2, 0.25) is 0 Å². The Morgan fingerprint density at radius 2 is 2.08 bits per heavy atom. The molecule has 1 aromatic rings. The van der Waals surface area contributed by atoms with Gasteiger partial charge in [0.15, 0.2) is 0 Å². The van der Waals surface area contributed by atoms with Crippen molar-refractivity contribution >= 4 is 23.7 Å². The van der Waals surface area contributed by atoms with Gasteiger partial charge in [-0.15, -0.1) is 0 Å². The van der Waals surface area contributed by atoms with Crippen LogP contribution in [0.1, 0.15) is 19.4 Å². The first kappa shape index (κ1) is 11.7. The summed E-state index contributed by atoms with van der Waals surface area (Å²) in [6.45, 7) is 5.85. The summed E-state index contributed by atoms with van der Waals surface area (Å²) in [6, 6.07) is 1.68. The minimum atomic E-state index is 0.0611. The molecule has 0 amide bonds. The molecule has 1 heterocycles. The lowest BCUT2D eigenvalue weighted by Crippen LogP contribution is -1.80. The van der Waals surface area contributed by atoms with Crippen LogP contribution in [0.15, 0.2) is 17.3 Å². The van der Waals surface area contributed by atoms with Crippen LogP contribution in [-0.2, 0) is 0 Å². The molecule has 0 aliphatic carbocycles. The molecule has 0 aliphatic rings. The third-order valence-electron chi connectivity index (χ3n) is 1.02. The van der Waals surface area contributed by atoms with Crippen molar-refractivity contribution < 1.29 is 3.89 Å². The summed E-state index contributed by atoms with van der Waals surface area (Å²) < 4.78 is 11.9. The van der Waals surface area contributed by atoms with Crippen LogP contribution in [0.3, 0.4) is 0 Å². The fourth-order valence-electron chi connectivity index (χ4n) is 0.578. The summed E-state index contributed by atoms with van der Waals surface area (Å²) in [4.78, 5) is 3.75. The normalized spacial score (nSPS) is 8.75. The minimum Gasteiger partial charge on any atom is -0.245 e. The molecule has 1 rings (SSSR count). The highest BCUT2D eigenvalue weighted by Crippen LogP contribution is 2.25. The molecular formula is C8H11ClFNS. The first-order chi connectivity index (χ1) is 5.74. The fraction of sp³-hybridized carbons (Fsp3) is 0.375. The molecule has 0 fully saturated rings. The first-order valence-electron chi connectivity index (χ1n) is 3.65. The lowest BCUT2D eigenvalue weighted by atomic mass is 10.3. The second-order valence-electron chi connectivity index (χ2n) is 1.88. The largest absolute Gasteiger partial charge is 0.245 e. The lowest BCUT2D eigenvalue weighted by Gasteiger charge is -1.95. The van der Waals surface area contributed by atoms with Crippen LogP contribution in [0, 0.1) is 6.92 Å². The van der Waals surface area contributed by atoms with E-state index in [1.54, 1.807) is 12.3 Å². The van der Waals surface area contributed by atoms with Crippen LogP contribution in [0.4, 0.5) is 3.89 Å². The van der Waals surface area contributed by atoms with Crippen LogP contribution in [0.25, 0.3) is 0 Å². The molecule has 0 aliphatic heterocycles. The Bertz CT molecular complexity index is 242. The summed E-state index contributed by atoms with van der Waals surface area (Å²) in [5, 5.41) is 0.597. The van der Waals surface area contributed by atoms with Gasteiger partial charge in [0.1, 0.15) is 17.2 Å². The molecule has 0 spiro atoms. The van der Waals surface area contributed by atoms with Crippen molar-refractivity contribution in [3.05, 3.63) is 22.8 Å². The van der Waals surface area contributed by atoms with E-state index in [-0.39, 0.29) is 17.2 Å². The fourth-order valence-corrected chi connectivity index (χ4v) is 1.11. The van der Waals surface area contributed by atoms with Gasteiger partial charge in [0.05, 0.1) is 5.02 Å². The van der Waals surface area contributed by atoms with Crippen molar-refractivity contribution in [2.45, 2.75) is 25.8 Å². The topological polar surface area (TPSA) is 12.9 Å². The Hall–Kier alpha value is -0.280. The van der Waals surface area contributed by atoms with Crippen molar-refractivity contribution in [1.82, 2.24) is 4.98 Å². The monoisotopic (exact) mass is 207 g/mol. The number of halogens is 2. The molecule has 0 aromatic carbocycles. The Balaban J connectivity index is 0.000000561. The maximum atomic E-state index is 11.9. The Morgan fingerprint density at radius 1 is 1.50 bits per heavy atom. The maximum absolute atomic E-state index is 11.9. The number of hydrogen-bond acceptors (Lipinski definition) is 2. The molecule has 0 atom stereocenters. The first-order valence-corrected chi connectivity index (χ1v) is 4.74. The van der Waals surface area contributed by atoms with Crippen LogP contribution in [0.2, 0.25) is 5.02 Å². The van der Waals surface area contributed by atoms with E-state index >= 15 is 0 Å². The summed E-state index contributed by atoms with van der Waals surface area (Å²) >= 11 is 5.67. The Kier molecular flexibility index (Phi) is 6.11. The summed E-state index contributed by atoms with van der Waals surface area (Å²) in [7, 11) is 0. The third kappa shape index (κ3) is 3.41. The average molecular weight is 208 g/mol. The van der Waals surface area contributed by atoms with E-state index in [1.165, 1.54) is 0 Å². The average Bonchev–Trinajstić information content (AvgIpc) is 2.08. The third-order valence-corrected chi connectivity index (χ3v) is 1.89. The highest BCUT2D eigenvalue weighted by Gasteiger charge is 2.00.